The first-order valence-electron chi connectivity index (χ1n) is 10.2. The highest BCUT2D eigenvalue weighted by Gasteiger charge is 2.33. The van der Waals surface area contributed by atoms with Crippen molar-refractivity contribution in [2.24, 2.45) is 7.05 Å². The molecular formula is C22H25F2N5OS. The number of halogens is 2. The minimum absolute atomic E-state index is 0.131. The third-order valence-corrected chi connectivity index (χ3v) is 6.37. The van der Waals surface area contributed by atoms with Gasteiger partial charge in [0.1, 0.15) is 0 Å². The molecule has 31 heavy (non-hydrogen) atoms. The van der Waals surface area contributed by atoms with E-state index in [9.17, 15) is 13.6 Å². The lowest BCUT2D eigenvalue weighted by atomic mass is 10.0. The maximum Gasteiger partial charge on any atom is 0.258 e. The maximum atomic E-state index is 14.0. The van der Waals surface area contributed by atoms with Crippen molar-refractivity contribution in [1.29, 1.82) is 0 Å². The molecule has 1 aliphatic heterocycles. The number of aryl methyl sites for hydroxylation is 2. The number of hydrogen-bond donors (Lipinski definition) is 1. The van der Waals surface area contributed by atoms with Crippen LogP contribution in [0.4, 0.5) is 20.2 Å². The first-order valence-corrected chi connectivity index (χ1v) is 11.4. The number of alkyl halides is 2. The summed E-state index contributed by atoms with van der Waals surface area (Å²) >= 11 is 1.49. The number of anilines is 2. The van der Waals surface area contributed by atoms with Crippen molar-refractivity contribution in [3.8, 4) is 0 Å². The SMILES string of the molecule is CSc1cc(NC(=O)c2c(N3CCCC(F)(F)CC3)cc3cnn(C)c3c2C)ccn1. The minimum atomic E-state index is -2.67. The molecule has 1 aliphatic rings. The molecule has 6 nitrogen and oxygen atoms in total. The summed E-state index contributed by atoms with van der Waals surface area (Å²) in [7, 11) is 1.83. The van der Waals surface area contributed by atoms with Gasteiger partial charge in [0.05, 0.1) is 28.0 Å². The zero-order chi connectivity index (χ0) is 22.2. The summed E-state index contributed by atoms with van der Waals surface area (Å²) in [4.78, 5) is 19.6. The van der Waals surface area contributed by atoms with Crippen LogP contribution in [-0.4, -0.2) is 45.9 Å². The van der Waals surface area contributed by atoms with E-state index in [0.717, 1.165) is 21.5 Å². The average molecular weight is 446 g/mol. The van der Waals surface area contributed by atoms with Crippen molar-refractivity contribution >= 4 is 39.9 Å². The van der Waals surface area contributed by atoms with Crippen LogP contribution in [0.1, 0.15) is 35.2 Å². The normalized spacial score (nSPS) is 16.4. The molecule has 3 heterocycles. The van der Waals surface area contributed by atoms with Crippen molar-refractivity contribution < 1.29 is 13.6 Å². The van der Waals surface area contributed by atoms with Crippen LogP contribution in [0.3, 0.4) is 0 Å². The molecule has 0 atom stereocenters. The fourth-order valence-electron chi connectivity index (χ4n) is 4.18. The van der Waals surface area contributed by atoms with E-state index >= 15 is 0 Å². The van der Waals surface area contributed by atoms with Gasteiger partial charge in [0.25, 0.3) is 5.91 Å². The summed E-state index contributed by atoms with van der Waals surface area (Å²) in [5.74, 6) is -2.94. The molecule has 1 amide bonds. The highest BCUT2D eigenvalue weighted by Crippen LogP contribution is 2.35. The summed E-state index contributed by atoms with van der Waals surface area (Å²) in [6.45, 7) is 2.56. The number of aromatic nitrogens is 3. The highest BCUT2D eigenvalue weighted by atomic mass is 32.2. The van der Waals surface area contributed by atoms with Crippen LogP contribution in [-0.2, 0) is 7.05 Å². The molecule has 2 aromatic heterocycles. The van der Waals surface area contributed by atoms with Crippen molar-refractivity contribution in [1.82, 2.24) is 14.8 Å². The predicted octanol–water partition coefficient (Wildman–Crippen LogP) is 4.88. The van der Waals surface area contributed by atoms with Crippen molar-refractivity contribution in [2.45, 2.75) is 37.1 Å². The van der Waals surface area contributed by atoms with E-state index in [-0.39, 0.29) is 25.3 Å². The number of carbonyl (C=O) groups excluding carboxylic acids is 1. The molecular weight excluding hydrogens is 420 g/mol. The van der Waals surface area contributed by atoms with Gasteiger partial charge < -0.3 is 10.2 Å². The Morgan fingerprint density at radius 2 is 2.06 bits per heavy atom. The maximum absolute atomic E-state index is 14.0. The molecule has 0 bridgehead atoms. The molecule has 1 N–H and O–H groups in total. The molecule has 4 rings (SSSR count). The Morgan fingerprint density at radius 1 is 1.26 bits per heavy atom. The largest absolute Gasteiger partial charge is 0.371 e. The van der Waals surface area contributed by atoms with E-state index in [0.29, 0.717) is 29.9 Å². The molecule has 0 saturated carbocycles. The molecule has 1 fully saturated rings. The van der Waals surface area contributed by atoms with Gasteiger partial charge in [-0.1, -0.05) is 0 Å². The topological polar surface area (TPSA) is 63.1 Å². The van der Waals surface area contributed by atoms with Gasteiger partial charge in [-0.2, -0.15) is 5.10 Å². The zero-order valence-electron chi connectivity index (χ0n) is 17.8. The van der Waals surface area contributed by atoms with E-state index in [4.69, 9.17) is 0 Å². The number of pyridine rings is 1. The van der Waals surface area contributed by atoms with Crippen molar-refractivity contribution in [3.05, 3.63) is 41.7 Å². The van der Waals surface area contributed by atoms with Gasteiger partial charge in [-0.25, -0.2) is 13.8 Å². The molecule has 0 unspecified atom stereocenters. The van der Waals surface area contributed by atoms with Crippen molar-refractivity contribution in [3.63, 3.8) is 0 Å². The number of nitrogens with zero attached hydrogens (tertiary/aromatic N) is 4. The Labute approximate surface area is 184 Å². The van der Waals surface area contributed by atoms with Gasteiger partial charge in [-0.05, 0) is 43.4 Å². The summed E-state index contributed by atoms with van der Waals surface area (Å²) in [5, 5.41) is 8.97. The molecule has 3 aromatic rings. The van der Waals surface area contributed by atoms with E-state index in [1.165, 1.54) is 11.8 Å². The van der Waals surface area contributed by atoms with Crippen molar-refractivity contribution in [2.75, 3.05) is 29.6 Å². The van der Waals surface area contributed by atoms with Crippen LogP contribution in [0, 0.1) is 6.92 Å². The Morgan fingerprint density at radius 3 is 2.84 bits per heavy atom. The third kappa shape index (κ3) is 4.37. The highest BCUT2D eigenvalue weighted by molar-refractivity contribution is 7.98. The summed E-state index contributed by atoms with van der Waals surface area (Å²) in [5.41, 5.74) is 3.44. The van der Waals surface area contributed by atoms with Crippen LogP contribution >= 0.6 is 11.8 Å². The minimum Gasteiger partial charge on any atom is -0.371 e. The quantitative estimate of drug-likeness (QED) is 0.580. The summed E-state index contributed by atoms with van der Waals surface area (Å²) in [6.07, 6.45) is 5.33. The molecule has 0 aliphatic carbocycles. The zero-order valence-corrected chi connectivity index (χ0v) is 18.6. The lowest BCUT2D eigenvalue weighted by Crippen LogP contribution is -2.29. The molecule has 164 valence electrons. The number of nitrogens with one attached hydrogen (secondary N) is 1. The molecule has 0 radical (unpaired) electrons. The number of carbonyl (C=O) groups is 1. The first-order chi connectivity index (χ1) is 14.8. The standard InChI is InChI=1S/C22H25F2N5OS/c1-14-19(21(30)27-16-5-8-25-18(12-16)31-3)17(11-15-13-26-28(2)20(14)15)29-9-4-6-22(23,24)7-10-29/h5,8,11-13H,4,6-7,9-10H2,1-3H3,(H,25,27,30). The lowest BCUT2D eigenvalue weighted by molar-refractivity contribution is -0.0102. The Bertz CT molecular complexity index is 1130. The number of rotatable bonds is 4. The average Bonchev–Trinajstić information content (AvgIpc) is 3.00. The second kappa shape index (κ2) is 8.45. The van der Waals surface area contributed by atoms with Gasteiger partial charge in [0, 0.05) is 50.2 Å². The predicted molar refractivity (Wildman–Crippen MR) is 120 cm³/mol. The molecule has 1 saturated heterocycles. The van der Waals surface area contributed by atoms with Crippen LogP contribution in [0.15, 0.2) is 35.6 Å². The van der Waals surface area contributed by atoms with Crippen LogP contribution in [0.5, 0.6) is 0 Å². The van der Waals surface area contributed by atoms with Crippen LogP contribution < -0.4 is 10.2 Å². The van der Waals surface area contributed by atoms with Gasteiger partial charge in [0.15, 0.2) is 0 Å². The second-order valence-electron chi connectivity index (χ2n) is 7.84. The van der Waals surface area contributed by atoms with Crippen LogP contribution in [0.2, 0.25) is 0 Å². The second-order valence-corrected chi connectivity index (χ2v) is 8.67. The number of thioether (sulfide) groups is 1. The smallest absolute Gasteiger partial charge is 0.258 e. The Hall–Kier alpha value is -2.68. The summed E-state index contributed by atoms with van der Waals surface area (Å²) < 4.78 is 29.7. The van der Waals surface area contributed by atoms with Gasteiger partial charge >= 0.3 is 0 Å². The molecule has 9 heteroatoms. The lowest BCUT2D eigenvalue weighted by Gasteiger charge is -2.27. The van der Waals surface area contributed by atoms with Gasteiger partial charge in [-0.15, -0.1) is 11.8 Å². The first kappa shape index (κ1) is 21.5. The number of fused-ring (bicyclic) bond motifs is 1. The van der Waals surface area contributed by atoms with E-state index in [2.05, 4.69) is 15.4 Å². The summed E-state index contributed by atoms with van der Waals surface area (Å²) in [6, 6.07) is 5.45. The van der Waals surface area contributed by atoms with Gasteiger partial charge in [-0.3, -0.25) is 9.48 Å². The number of hydrogen-bond acceptors (Lipinski definition) is 5. The van der Waals surface area contributed by atoms with Gasteiger partial charge in [0.2, 0.25) is 5.92 Å². The third-order valence-electron chi connectivity index (χ3n) is 5.73. The van der Waals surface area contributed by atoms with E-state index in [1.807, 2.05) is 37.3 Å². The monoisotopic (exact) mass is 445 g/mol. The molecule has 1 aromatic carbocycles. The Balaban J connectivity index is 1.78. The number of amides is 1. The van der Waals surface area contributed by atoms with Crippen LogP contribution in [0.25, 0.3) is 10.9 Å². The van der Waals surface area contributed by atoms with E-state index in [1.54, 1.807) is 23.1 Å². The fourth-order valence-corrected chi connectivity index (χ4v) is 4.59. The number of benzene rings is 1. The fraction of sp³-hybridized carbons (Fsp3) is 0.409. The van der Waals surface area contributed by atoms with E-state index < -0.39 is 5.92 Å². The Kier molecular flexibility index (Phi) is 5.88. The molecule has 0 spiro atoms.